The molecule has 2 aromatic heterocycles. The first-order valence-electron chi connectivity index (χ1n) is 20.2. The van der Waals surface area contributed by atoms with Gasteiger partial charge in [0.2, 0.25) is 0 Å². The lowest BCUT2D eigenvalue weighted by Crippen LogP contribution is -2.00. The van der Waals surface area contributed by atoms with Gasteiger partial charge in [0.1, 0.15) is 0 Å². The van der Waals surface area contributed by atoms with E-state index in [1.165, 1.54) is 32.7 Å². The van der Waals surface area contributed by atoms with Crippen molar-refractivity contribution in [3.8, 4) is 78.8 Å². The molecule has 0 atom stereocenters. The summed E-state index contributed by atoms with van der Waals surface area (Å²) < 4.78 is 0. The Labute approximate surface area is 348 Å². The topological polar surface area (TPSA) is 51.6 Å². The normalized spacial score (nSPS) is 11.3. The summed E-state index contributed by atoms with van der Waals surface area (Å²) in [6.45, 7) is 0. The monoisotopic (exact) mass is 764 g/mol. The van der Waals surface area contributed by atoms with Crippen LogP contribution in [0.15, 0.2) is 218 Å². The van der Waals surface area contributed by atoms with Crippen LogP contribution in [0.5, 0.6) is 0 Å². The molecule has 0 saturated carbocycles. The largest absolute Gasteiger partial charge is 0.247 e. The zero-order valence-corrected chi connectivity index (χ0v) is 32.6. The van der Waals surface area contributed by atoms with Gasteiger partial charge in [0.25, 0.3) is 0 Å². The van der Waals surface area contributed by atoms with Gasteiger partial charge in [-0.05, 0) is 61.7 Å². The highest BCUT2D eigenvalue weighted by atomic mass is 15.0. The van der Waals surface area contributed by atoms with E-state index >= 15 is 0 Å². The van der Waals surface area contributed by atoms with Crippen LogP contribution in [0.25, 0.3) is 111 Å². The van der Waals surface area contributed by atoms with Crippen LogP contribution in [-0.4, -0.2) is 19.9 Å². The van der Waals surface area contributed by atoms with Gasteiger partial charge < -0.3 is 0 Å². The van der Waals surface area contributed by atoms with Crippen molar-refractivity contribution in [1.82, 2.24) is 19.9 Å². The molecule has 0 aliphatic carbocycles. The fraction of sp³-hybridized carbons (Fsp3) is 0. The van der Waals surface area contributed by atoms with Crippen LogP contribution < -0.4 is 0 Å². The minimum atomic E-state index is 0.619. The van der Waals surface area contributed by atoms with E-state index in [0.29, 0.717) is 17.5 Å². The van der Waals surface area contributed by atoms with Gasteiger partial charge in [-0.1, -0.05) is 206 Å². The molecule has 0 amide bonds. The fourth-order valence-corrected chi connectivity index (χ4v) is 8.15. The molecule has 280 valence electrons. The van der Waals surface area contributed by atoms with E-state index in [4.69, 9.17) is 19.9 Å². The number of hydrogen-bond donors (Lipinski definition) is 0. The lowest BCUT2D eigenvalue weighted by molar-refractivity contribution is 1.07. The van der Waals surface area contributed by atoms with E-state index in [-0.39, 0.29) is 0 Å². The van der Waals surface area contributed by atoms with Crippen LogP contribution in [0, 0.1) is 0 Å². The minimum Gasteiger partial charge on any atom is -0.247 e. The van der Waals surface area contributed by atoms with E-state index < -0.39 is 0 Å². The third-order valence-corrected chi connectivity index (χ3v) is 11.4. The van der Waals surface area contributed by atoms with E-state index in [1.54, 1.807) is 0 Å². The number of fused-ring (bicyclic) bond motifs is 5. The van der Waals surface area contributed by atoms with Crippen molar-refractivity contribution in [3.63, 3.8) is 0 Å². The molecule has 0 spiro atoms. The first-order chi connectivity index (χ1) is 29.7. The van der Waals surface area contributed by atoms with Gasteiger partial charge in [0.15, 0.2) is 17.5 Å². The standard InChI is InChI=1S/C56H36N4/c1-3-10-37(11-4-1)39-20-26-45(27-21-39)54-58-55(46-28-22-40(23-29-46)38-12-5-2-6-13-38)60-56(59-54)48-16-9-15-47(36-48)41-18-24-43(25-19-41)52-35-32-44-31-33-50-49-17-8-7-14-42(49)30-34-51(50)53(44)57-52/h1-36H. The molecule has 0 radical (unpaired) electrons. The SMILES string of the molecule is c1ccc(-c2ccc(-c3nc(-c4ccc(-c5ccccc5)cc4)nc(-c4cccc(-c5ccc(-c6ccc7ccc8c9ccccc9ccc8c7n6)cc5)c4)n3)cc2)cc1. The first-order valence-corrected chi connectivity index (χ1v) is 20.2. The van der Waals surface area contributed by atoms with Crippen molar-refractivity contribution in [2.75, 3.05) is 0 Å². The van der Waals surface area contributed by atoms with E-state index in [2.05, 4.69) is 206 Å². The average molecular weight is 765 g/mol. The van der Waals surface area contributed by atoms with Crippen molar-refractivity contribution in [3.05, 3.63) is 218 Å². The highest BCUT2D eigenvalue weighted by molar-refractivity contribution is 6.16. The Kier molecular flexibility index (Phi) is 8.79. The molecule has 4 heteroatoms. The van der Waals surface area contributed by atoms with Gasteiger partial charge in [-0.15, -0.1) is 0 Å². The smallest absolute Gasteiger partial charge is 0.164 e. The van der Waals surface area contributed by atoms with Gasteiger partial charge in [0, 0.05) is 33.0 Å². The lowest BCUT2D eigenvalue weighted by atomic mass is 9.98. The zero-order chi connectivity index (χ0) is 39.8. The van der Waals surface area contributed by atoms with Gasteiger partial charge in [0.05, 0.1) is 11.2 Å². The van der Waals surface area contributed by atoms with Crippen LogP contribution in [-0.2, 0) is 0 Å². The van der Waals surface area contributed by atoms with Crippen molar-refractivity contribution in [2.45, 2.75) is 0 Å². The summed E-state index contributed by atoms with van der Waals surface area (Å²) in [5.74, 6) is 1.87. The molecule has 4 nitrogen and oxygen atoms in total. The number of pyridine rings is 1. The highest BCUT2D eigenvalue weighted by Crippen LogP contribution is 2.34. The summed E-state index contributed by atoms with van der Waals surface area (Å²) in [6, 6.07) is 76.4. The van der Waals surface area contributed by atoms with E-state index in [0.717, 1.165) is 61.1 Å². The van der Waals surface area contributed by atoms with Crippen LogP contribution in [0.3, 0.4) is 0 Å². The molecule has 9 aromatic carbocycles. The number of aromatic nitrogens is 4. The maximum atomic E-state index is 5.22. The molecule has 0 N–H and O–H groups in total. The molecule has 0 aliphatic rings. The first kappa shape index (κ1) is 35.1. The Morgan fingerprint density at radius 2 is 0.650 bits per heavy atom. The van der Waals surface area contributed by atoms with E-state index in [9.17, 15) is 0 Å². The highest BCUT2D eigenvalue weighted by Gasteiger charge is 2.15. The van der Waals surface area contributed by atoms with Gasteiger partial charge in [-0.3, -0.25) is 0 Å². The third-order valence-electron chi connectivity index (χ3n) is 11.4. The molecule has 0 unspecified atom stereocenters. The molecule has 11 aromatic rings. The Bertz CT molecular complexity index is 3220. The molecule has 11 rings (SSSR count). The summed E-state index contributed by atoms with van der Waals surface area (Å²) in [5.41, 5.74) is 12.6. The van der Waals surface area contributed by atoms with Crippen LogP contribution in [0.4, 0.5) is 0 Å². The predicted molar refractivity (Wildman–Crippen MR) is 248 cm³/mol. The molecular weight excluding hydrogens is 729 g/mol. The number of benzene rings is 9. The van der Waals surface area contributed by atoms with Gasteiger partial charge in [-0.25, -0.2) is 19.9 Å². The molecular formula is C56H36N4. The quantitative estimate of drug-likeness (QED) is 0.152. The van der Waals surface area contributed by atoms with Crippen LogP contribution >= 0.6 is 0 Å². The second-order valence-electron chi connectivity index (χ2n) is 15.1. The Balaban J connectivity index is 0.941. The Morgan fingerprint density at radius 3 is 1.28 bits per heavy atom. The summed E-state index contributed by atoms with van der Waals surface area (Å²) >= 11 is 0. The second-order valence-corrected chi connectivity index (χ2v) is 15.1. The molecule has 0 fully saturated rings. The molecule has 60 heavy (non-hydrogen) atoms. The van der Waals surface area contributed by atoms with Crippen molar-refractivity contribution in [1.29, 1.82) is 0 Å². The van der Waals surface area contributed by atoms with Gasteiger partial charge >= 0.3 is 0 Å². The minimum absolute atomic E-state index is 0.619. The second kappa shape index (κ2) is 15.0. The van der Waals surface area contributed by atoms with E-state index in [1.807, 2.05) is 12.1 Å². The molecule has 0 bridgehead atoms. The van der Waals surface area contributed by atoms with Crippen molar-refractivity contribution < 1.29 is 0 Å². The summed E-state index contributed by atoms with van der Waals surface area (Å²) in [7, 11) is 0. The summed E-state index contributed by atoms with van der Waals surface area (Å²) in [5, 5.41) is 6.00. The fourth-order valence-electron chi connectivity index (χ4n) is 8.15. The lowest BCUT2D eigenvalue weighted by Gasteiger charge is -2.11. The Morgan fingerprint density at radius 1 is 0.217 bits per heavy atom. The van der Waals surface area contributed by atoms with Crippen molar-refractivity contribution >= 4 is 32.4 Å². The van der Waals surface area contributed by atoms with Crippen LogP contribution in [0.1, 0.15) is 0 Å². The van der Waals surface area contributed by atoms with Crippen LogP contribution in [0.2, 0.25) is 0 Å². The number of hydrogen-bond acceptors (Lipinski definition) is 4. The predicted octanol–water partition coefficient (Wildman–Crippen LogP) is 14.4. The van der Waals surface area contributed by atoms with Crippen molar-refractivity contribution in [2.24, 2.45) is 0 Å². The summed E-state index contributed by atoms with van der Waals surface area (Å²) in [6.07, 6.45) is 0. The molecule has 0 aliphatic heterocycles. The average Bonchev–Trinajstić information content (AvgIpc) is 3.34. The maximum absolute atomic E-state index is 5.22. The third kappa shape index (κ3) is 6.66. The maximum Gasteiger partial charge on any atom is 0.164 e. The number of rotatable bonds is 7. The zero-order valence-electron chi connectivity index (χ0n) is 32.6. The number of nitrogens with zero attached hydrogens (tertiary/aromatic N) is 4. The molecule has 0 saturated heterocycles. The van der Waals surface area contributed by atoms with Gasteiger partial charge in [-0.2, -0.15) is 0 Å². The molecule has 2 heterocycles. The Hall–Kier alpha value is -8.08. The summed E-state index contributed by atoms with van der Waals surface area (Å²) in [4.78, 5) is 20.4.